The second kappa shape index (κ2) is 5.35. The summed E-state index contributed by atoms with van der Waals surface area (Å²) in [6.45, 7) is 0. The smallest absolute Gasteiger partial charge is 0.338 e. The van der Waals surface area contributed by atoms with Gasteiger partial charge >= 0.3 is 5.97 Å². The van der Waals surface area contributed by atoms with Crippen LogP contribution < -0.4 is 0 Å². The number of carbonyl (C=O) groups is 2. The molecular formula is C13H10N2O5. The number of hydrogen-bond acceptors (Lipinski definition) is 5. The number of esters is 1. The molecule has 0 saturated carbocycles. The van der Waals surface area contributed by atoms with Crippen LogP contribution in [0.4, 0.5) is 5.69 Å². The third-order valence-corrected chi connectivity index (χ3v) is 2.75. The standard InChI is InChI=1S/C13H10N2O5/c1-20-13(17)9-4-5-11(12(7-9)15(18)19)14-6-2-3-10(14)8-16/h2-8H,1H3. The van der Waals surface area contributed by atoms with Crippen LogP contribution in [-0.4, -0.2) is 28.9 Å². The summed E-state index contributed by atoms with van der Waals surface area (Å²) in [5, 5.41) is 11.1. The fourth-order valence-corrected chi connectivity index (χ4v) is 1.83. The van der Waals surface area contributed by atoms with Gasteiger partial charge in [-0.1, -0.05) is 0 Å². The lowest BCUT2D eigenvalue weighted by molar-refractivity contribution is -0.384. The Labute approximate surface area is 113 Å². The SMILES string of the molecule is COC(=O)c1ccc(-n2cccc2C=O)c([N+](=O)[O-])c1. The predicted molar refractivity (Wildman–Crippen MR) is 69.2 cm³/mol. The summed E-state index contributed by atoms with van der Waals surface area (Å²) in [5.74, 6) is -0.664. The van der Waals surface area contributed by atoms with Gasteiger partial charge in [-0.15, -0.1) is 0 Å². The third-order valence-electron chi connectivity index (χ3n) is 2.75. The van der Waals surface area contributed by atoms with E-state index in [1.54, 1.807) is 6.07 Å². The Morgan fingerprint density at radius 3 is 2.75 bits per heavy atom. The molecule has 7 heteroatoms. The Bertz CT molecular complexity index is 690. The van der Waals surface area contributed by atoms with Crippen LogP contribution in [0.2, 0.25) is 0 Å². The minimum absolute atomic E-state index is 0.0720. The molecular weight excluding hydrogens is 264 g/mol. The summed E-state index contributed by atoms with van der Waals surface area (Å²) in [6.07, 6.45) is 2.13. The van der Waals surface area contributed by atoms with Gasteiger partial charge in [0.25, 0.3) is 5.69 Å². The molecule has 0 bridgehead atoms. The maximum Gasteiger partial charge on any atom is 0.338 e. The summed E-state index contributed by atoms with van der Waals surface area (Å²) in [7, 11) is 1.19. The zero-order valence-corrected chi connectivity index (χ0v) is 10.5. The maximum absolute atomic E-state index is 11.4. The van der Waals surface area contributed by atoms with Crippen LogP contribution >= 0.6 is 0 Å². The topological polar surface area (TPSA) is 91.4 Å². The van der Waals surface area contributed by atoms with Gasteiger partial charge in [0.1, 0.15) is 5.69 Å². The number of rotatable bonds is 4. The fourth-order valence-electron chi connectivity index (χ4n) is 1.83. The Balaban J connectivity index is 2.62. The first-order valence-corrected chi connectivity index (χ1v) is 5.58. The zero-order valence-electron chi connectivity index (χ0n) is 10.5. The van der Waals surface area contributed by atoms with Crippen LogP contribution in [0, 0.1) is 10.1 Å². The van der Waals surface area contributed by atoms with Crippen molar-refractivity contribution in [2.45, 2.75) is 0 Å². The van der Waals surface area contributed by atoms with Crippen molar-refractivity contribution in [2.24, 2.45) is 0 Å². The van der Waals surface area contributed by atoms with Crippen LogP contribution in [0.3, 0.4) is 0 Å². The molecule has 0 aliphatic carbocycles. The van der Waals surface area contributed by atoms with Crippen molar-refractivity contribution < 1.29 is 19.2 Å². The molecule has 2 aromatic rings. The van der Waals surface area contributed by atoms with Crippen molar-refractivity contribution >= 4 is 17.9 Å². The summed E-state index contributed by atoms with van der Waals surface area (Å²) in [6, 6.07) is 7.06. The average molecular weight is 274 g/mol. The zero-order chi connectivity index (χ0) is 14.7. The van der Waals surface area contributed by atoms with Gasteiger partial charge in [-0.2, -0.15) is 0 Å². The Morgan fingerprint density at radius 1 is 1.40 bits per heavy atom. The van der Waals surface area contributed by atoms with Crippen LogP contribution in [0.5, 0.6) is 0 Å². The molecule has 0 saturated heterocycles. The highest BCUT2D eigenvalue weighted by molar-refractivity contribution is 5.90. The largest absolute Gasteiger partial charge is 0.465 e. The van der Waals surface area contributed by atoms with E-state index < -0.39 is 10.9 Å². The normalized spacial score (nSPS) is 10.1. The molecule has 1 aromatic carbocycles. The molecule has 0 aliphatic heterocycles. The molecule has 1 aromatic heterocycles. The van der Waals surface area contributed by atoms with Crippen LogP contribution in [0.1, 0.15) is 20.8 Å². The van der Waals surface area contributed by atoms with E-state index in [1.165, 1.54) is 36.1 Å². The molecule has 0 N–H and O–H groups in total. The van der Waals surface area contributed by atoms with E-state index in [0.29, 0.717) is 6.29 Å². The lowest BCUT2D eigenvalue weighted by Gasteiger charge is -2.07. The van der Waals surface area contributed by atoms with Crippen molar-refractivity contribution in [1.82, 2.24) is 4.57 Å². The van der Waals surface area contributed by atoms with E-state index in [2.05, 4.69) is 4.74 Å². The number of carbonyl (C=O) groups excluding carboxylic acids is 2. The number of nitro groups is 1. The van der Waals surface area contributed by atoms with Gasteiger partial charge < -0.3 is 9.30 Å². The molecule has 102 valence electrons. The molecule has 0 amide bonds. The van der Waals surface area contributed by atoms with Gasteiger partial charge in [0.2, 0.25) is 0 Å². The van der Waals surface area contributed by atoms with E-state index in [4.69, 9.17) is 0 Å². The quantitative estimate of drug-likeness (QED) is 0.368. The second-order valence-corrected chi connectivity index (χ2v) is 3.87. The van der Waals surface area contributed by atoms with Crippen LogP contribution in [-0.2, 0) is 4.74 Å². The van der Waals surface area contributed by atoms with Crippen molar-refractivity contribution in [2.75, 3.05) is 7.11 Å². The minimum atomic E-state index is -0.664. The van der Waals surface area contributed by atoms with Gasteiger partial charge in [-0.05, 0) is 24.3 Å². The predicted octanol–water partition coefficient (Wildman–Crippen LogP) is 1.98. The summed E-state index contributed by atoms with van der Waals surface area (Å²) >= 11 is 0. The number of nitrogens with zero attached hydrogens (tertiary/aromatic N) is 2. The van der Waals surface area contributed by atoms with Crippen LogP contribution in [0.15, 0.2) is 36.5 Å². The number of methoxy groups -OCH3 is 1. The van der Waals surface area contributed by atoms with E-state index in [9.17, 15) is 19.7 Å². The second-order valence-electron chi connectivity index (χ2n) is 3.87. The van der Waals surface area contributed by atoms with E-state index >= 15 is 0 Å². The van der Waals surface area contributed by atoms with Gasteiger partial charge in [0, 0.05) is 12.3 Å². The Morgan fingerprint density at radius 2 is 2.15 bits per heavy atom. The first-order valence-electron chi connectivity index (χ1n) is 5.58. The fraction of sp³-hybridized carbons (Fsp3) is 0.0769. The first kappa shape index (κ1) is 13.5. The average Bonchev–Trinajstić information content (AvgIpc) is 2.93. The van der Waals surface area contributed by atoms with E-state index in [0.717, 1.165) is 6.07 Å². The van der Waals surface area contributed by atoms with Crippen molar-refractivity contribution in [3.8, 4) is 5.69 Å². The highest BCUT2D eigenvalue weighted by Gasteiger charge is 2.20. The lowest BCUT2D eigenvalue weighted by Crippen LogP contribution is -2.06. The molecule has 2 rings (SSSR count). The number of aldehydes is 1. The molecule has 0 unspecified atom stereocenters. The summed E-state index contributed by atoms with van der Waals surface area (Å²) in [4.78, 5) is 32.8. The minimum Gasteiger partial charge on any atom is -0.465 e. The molecule has 0 atom stereocenters. The third kappa shape index (κ3) is 2.28. The number of benzene rings is 1. The van der Waals surface area contributed by atoms with Crippen molar-refractivity contribution in [1.29, 1.82) is 0 Å². The number of ether oxygens (including phenoxy) is 1. The Kier molecular flexibility index (Phi) is 3.60. The first-order chi connectivity index (χ1) is 9.58. The van der Waals surface area contributed by atoms with Gasteiger partial charge in [0.05, 0.1) is 23.3 Å². The van der Waals surface area contributed by atoms with Crippen molar-refractivity contribution in [3.05, 3.63) is 57.9 Å². The van der Waals surface area contributed by atoms with Crippen molar-refractivity contribution in [3.63, 3.8) is 0 Å². The molecule has 0 radical (unpaired) electrons. The maximum atomic E-state index is 11.4. The summed E-state index contributed by atoms with van der Waals surface area (Å²) < 4.78 is 5.90. The van der Waals surface area contributed by atoms with Gasteiger partial charge in [-0.25, -0.2) is 4.79 Å². The van der Waals surface area contributed by atoms with E-state index in [1.807, 2.05) is 0 Å². The number of aromatic nitrogens is 1. The van der Waals surface area contributed by atoms with Gasteiger partial charge in [-0.3, -0.25) is 14.9 Å². The Hall–Kier alpha value is -2.96. The van der Waals surface area contributed by atoms with Crippen LogP contribution in [0.25, 0.3) is 5.69 Å². The molecule has 0 spiro atoms. The molecule has 20 heavy (non-hydrogen) atoms. The molecule has 7 nitrogen and oxygen atoms in total. The van der Waals surface area contributed by atoms with E-state index in [-0.39, 0.29) is 22.6 Å². The molecule has 0 fully saturated rings. The molecule has 1 heterocycles. The highest BCUT2D eigenvalue weighted by Crippen LogP contribution is 2.25. The monoisotopic (exact) mass is 274 g/mol. The number of hydrogen-bond donors (Lipinski definition) is 0. The highest BCUT2D eigenvalue weighted by atomic mass is 16.6. The summed E-state index contributed by atoms with van der Waals surface area (Å²) in [5.41, 5.74) is 0.267. The lowest BCUT2D eigenvalue weighted by atomic mass is 10.1. The van der Waals surface area contributed by atoms with Gasteiger partial charge in [0.15, 0.2) is 6.29 Å². The number of nitro benzene ring substituents is 1. The molecule has 0 aliphatic rings.